The Balaban J connectivity index is 0.000000548. The van der Waals surface area contributed by atoms with Gasteiger partial charge in [0.15, 0.2) is 11.6 Å². The molecule has 0 aliphatic heterocycles. The van der Waals surface area contributed by atoms with E-state index >= 15 is 0 Å². The molecule has 0 saturated heterocycles. The zero-order valence-electron chi connectivity index (χ0n) is 30.2. The molecule has 0 spiro atoms. The summed E-state index contributed by atoms with van der Waals surface area (Å²) in [5, 5.41) is 9.02. The van der Waals surface area contributed by atoms with E-state index in [-0.39, 0.29) is 17.0 Å². The minimum absolute atomic E-state index is 0.121. The second kappa shape index (κ2) is 19.4. The lowest BCUT2D eigenvalue weighted by Gasteiger charge is -2.18. The summed E-state index contributed by atoms with van der Waals surface area (Å²) in [4.78, 5) is 21.4. The second-order valence-corrected chi connectivity index (χ2v) is 14.8. The maximum atomic E-state index is 10.8. The number of aryl methyl sites for hydroxylation is 1. The van der Waals surface area contributed by atoms with Gasteiger partial charge in [-0.1, -0.05) is 172 Å². The summed E-state index contributed by atoms with van der Waals surface area (Å²) >= 11 is 0. The van der Waals surface area contributed by atoms with Crippen molar-refractivity contribution in [3.63, 3.8) is 0 Å². The van der Waals surface area contributed by atoms with Gasteiger partial charge < -0.3 is 5.11 Å². The smallest absolute Gasteiger partial charge is 0.159 e. The molecule has 0 saturated carbocycles. The standard InChI is InChI=1S/C10H14O.C10H14.C9H10O.C8H8O.C5H12/c1-10(2,3)8-4-6-9(11)7-5-8;1-10(2,3)9-7-5-4-6-8-9;1-7-3-5-9(6-4-7)8(2)10;1-7(9)8-5-3-2-4-6-8;1-5(2,3)4/h4-7,11H,1-3H3;4-8H,1-3H3;3-6H,1-2H3;2-6H,1H3;1-4H3. The minimum atomic E-state index is 0.121. The van der Waals surface area contributed by atoms with Crippen molar-refractivity contribution in [2.24, 2.45) is 5.41 Å². The molecule has 0 aliphatic carbocycles. The molecular formula is C42H58O3. The predicted molar refractivity (Wildman–Crippen MR) is 195 cm³/mol. The highest BCUT2D eigenvalue weighted by Crippen LogP contribution is 2.23. The van der Waals surface area contributed by atoms with Gasteiger partial charge in [-0.25, -0.2) is 0 Å². The quantitative estimate of drug-likeness (QED) is 0.230. The van der Waals surface area contributed by atoms with Crippen LogP contribution in [-0.4, -0.2) is 16.7 Å². The number of carbonyl (C=O) groups is 2. The SMILES string of the molecule is CC(=O)c1ccc(C)cc1.CC(=O)c1ccccc1.CC(C)(C)C.CC(C)(C)c1ccc(O)cc1.CC(C)(C)c1ccccc1. The van der Waals surface area contributed by atoms with Crippen LogP contribution < -0.4 is 0 Å². The third-order valence-electron chi connectivity index (χ3n) is 6.01. The van der Waals surface area contributed by atoms with Crippen molar-refractivity contribution in [3.8, 4) is 5.75 Å². The molecule has 0 bridgehead atoms. The summed E-state index contributed by atoms with van der Waals surface area (Å²) in [5.41, 5.74) is 6.35. The molecule has 45 heavy (non-hydrogen) atoms. The van der Waals surface area contributed by atoms with Crippen molar-refractivity contribution >= 4 is 11.6 Å². The highest BCUT2D eigenvalue weighted by atomic mass is 16.3. The average molecular weight is 611 g/mol. The number of carbonyl (C=O) groups excluding carboxylic acids is 2. The average Bonchev–Trinajstić information content (AvgIpc) is 2.94. The summed E-state index contributed by atoms with van der Waals surface area (Å²) in [7, 11) is 0. The maximum absolute atomic E-state index is 10.8. The Morgan fingerprint density at radius 1 is 0.467 bits per heavy atom. The van der Waals surface area contributed by atoms with E-state index < -0.39 is 0 Å². The lowest BCUT2D eigenvalue weighted by molar-refractivity contribution is 0.100. The molecule has 0 aromatic heterocycles. The fourth-order valence-corrected chi connectivity index (χ4v) is 3.36. The van der Waals surface area contributed by atoms with Gasteiger partial charge in [-0.05, 0) is 60.3 Å². The number of hydrogen-bond donors (Lipinski definition) is 1. The molecule has 0 amide bonds. The van der Waals surface area contributed by atoms with Gasteiger partial charge in [0.25, 0.3) is 0 Å². The number of ketones is 2. The Bertz CT molecular complexity index is 1360. The Hall–Kier alpha value is -3.98. The Morgan fingerprint density at radius 3 is 1.07 bits per heavy atom. The van der Waals surface area contributed by atoms with Crippen LogP contribution in [0.15, 0.2) is 109 Å². The van der Waals surface area contributed by atoms with E-state index in [0.29, 0.717) is 16.6 Å². The molecule has 3 heteroatoms. The molecule has 244 valence electrons. The first-order chi connectivity index (χ1) is 20.6. The first-order valence-corrected chi connectivity index (χ1v) is 15.6. The fourth-order valence-electron chi connectivity index (χ4n) is 3.36. The van der Waals surface area contributed by atoms with E-state index in [1.807, 2.05) is 73.7 Å². The van der Waals surface area contributed by atoms with Crippen molar-refractivity contribution in [1.82, 2.24) is 0 Å². The molecule has 4 aromatic rings. The fraction of sp³-hybridized carbons (Fsp3) is 0.381. The number of aromatic hydroxyl groups is 1. The van der Waals surface area contributed by atoms with Crippen molar-refractivity contribution in [2.75, 3.05) is 0 Å². The first-order valence-electron chi connectivity index (χ1n) is 15.6. The van der Waals surface area contributed by atoms with Gasteiger partial charge in [0.05, 0.1) is 0 Å². The van der Waals surface area contributed by atoms with Gasteiger partial charge in [-0.15, -0.1) is 0 Å². The zero-order valence-corrected chi connectivity index (χ0v) is 30.2. The number of rotatable bonds is 2. The largest absolute Gasteiger partial charge is 0.508 e. The van der Waals surface area contributed by atoms with Crippen molar-refractivity contribution < 1.29 is 14.7 Å². The van der Waals surface area contributed by atoms with Crippen molar-refractivity contribution in [3.05, 3.63) is 137 Å². The van der Waals surface area contributed by atoms with E-state index in [1.54, 1.807) is 26.0 Å². The summed E-state index contributed by atoms with van der Waals surface area (Å²) in [6, 6.07) is 34.7. The minimum Gasteiger partial charge on any atom is -0.508 e. The van der Waals surface area contributed by atoms with Crippen LogP contribution in [-0.2, 0) is 10.8 Å². The van der Waals surface area contributed by atoms with E-state index in [1.165, 1.54) is 16.7 Å². The molecule has 4 rings (SSSR count). The highest BCUT2D eigenvalue weighted by Gasteiger charge is 2.12. The van der Waals surface area contributed by atoms with Gasteiger partial charge in [0, 0.05) is 11.1 Å². The molecule has 0 aliphatic rings. The number of benzene rings is 4. The number of phenols is 1. The predicted octanol–water partition coefficient (Wildman–Crippen LogP) is 11.8. The topological polar surface area (TPSA) is 54.4 Å². The van der Waals surface area contributed by atoms with Gasteiger partial charge in [-0.2, -0.15) is 0 Å². The third-order valence-corrected chi connectivity index (χ3v) is 6.01. The molecule has 0 unspecified atom stereocenters. The molecule has 0 heterocycles. The van der Waals surface area contributed by atoms with Crippen LogP contribution in [0.25, 0.3) is 0 Å². The van der Waals surface area contributed by atoms with Crippen LogP contribution in [0.2, 0.25) is 0 Å². The van der Waals surface area contributed by atoms with E-state index in [2.05, 4.69) is 99.6 Å². The number of Topliss-reactive ketones (excluding diaryl/α,β-unsaturated/α-hetero) is 2. The summed E-state index contributed by atoms with van der Waals surface area (Å²) in [5.74, 6) is 0.577. The Labute approximate surface area is 274 Å². The Morgan fingerprint density at radius 2 is 0.778 bits per heavy atom. The van der Waals surface area contributed by atoms with Gasteiger partial charge in [-0.3, -0.25) is 9.59 Å². The van der Waals surface area contributed by atoms with Crippen LogP contribution >= 0.6 is 0 Å². The first kappa shape index (κ1) is 41.0. The van der Waals surface area contributed by atoms with Crippen molar-refractivity contribution in [2.45, 2.75) is 101 Å². The highest BCUT2D eigenvalue weighted by molar-refractivity contribution is 5.94. The lowest BCUT2D eigenvalue weighted by Crippen LogP contribution is -2.10. The summed E-state index contributed by atoms with van der Waals surface area (Å²) < 4.78 is 0. The summed E-state index contributed by atoms with van der Waals surface area (Å²) in [6.07, 6.45) is 0. The molecule has 0 fully saturated rings. The molecular weight excluding hydrogens is 552 g/mol. The molecule has 3 nitrogen and oxygen atoms in total. The van der Waals surface area contributed by atoms with E-state index in [0.717, 1.165) is 11.1 Å². The monoisotopic (exact) mass is 610 g/mol. The van der Waals surface area contributed by atoms with Crippen LogP contribution in [0, 0.1) is 12.3 Å². The molecule has 1 N–H and O–H groups in total. The zero-order chi connectivity index (χ0) is 34.8. The van der Waals surface area contributed by atoms with Crippen LogP contribution in [0.1, 0.15) is 120 Å². The van der Waals surface area contributed by atoms with E-state index in [4.69, 9.17) is 5.11 Å². The van der Waals surface area contributed by atoms with Crippen molar-refractivity contribution in [1.29, 1.82) is 0 Å². The summed E-state index contributed by atoms with van der Waals surface area (Å²) in [6.45, 7) is 27.0. The molecule has 0 radical (unpaired) electrons. The second-order valence-electron chi connectivity index (χ2n) is 14.8. The number of hydrogen-bond acceptors (Lipinski definition) is 3. The van der Waals surface area contributed by atoms with Gasteiger partial charge in [0.2, 0.25) is 0 Å². The lowest BCUT2D eigenvalue weighted by atomic mass is 9.87. The van der Waals surface area contributed by atoms with E-state index in [9.17, 15) is 9.59 Å². The van der Waals surface area contributed by atoms with Gasteiger partial charge >= 0.3 is 0 Å². The normalized spacial score (nSPS) is 10.6. The van der Waals surface area contributed by atoms with Crippen LogP contribution in [0.3, 0.4) is 0 Å². The van der Waals surface area contributed by atoms with Gasteiger partial charge in [0.1, 0.15) is 5.75 Å². The molecule has 4 aromatic carbocycles. The Kier molecular flexibility index (Phi) is 17.7. The molecule has 0 atom stereocenters. The third kappa shape index (κ3) is 21.4. The van der Waals surface area contributed by atoms with Crippen LogP contribution in [0.5, 0.6) is 5.75 Å². The van der Waals surface area contributed by atoms with Crippen LogP contribution in [0.4, 0.5) is 0 Å². The number of phenolic OH excluding ortho intramolecular Hbond substituents is 1. The maximum Gasteiger partial charge on any atom is 0.159 e.